The summed E-state index contributed by atoms with van der Waals surface area (Å²) in [7, 11) is 0. The number of hydrogen-bond acceptors (Lipinski definition) is 4. The minimum absolute atomic E-state index is 0. The number of ether oxygens (including phenoxy) is 1. The molecule has 0 aliphatic carbocycles. The molecule has 25 heavy (non-hydrogen) atoms. The van der Waals surface area contributed by atoms with Gasteiger partial charge in [0.25, 0.3) is 0 Å². The summed E-state index contributed by atoms with van der Waals surface area (Å²) in [4.78, 5) is 16.6. The van der Waals surface area contributed by atoms with Crippen LogP contribution < -0.4 is 5.32 Å². The molecule has 140 valence electrons. The lowest BCUT2D eigenvalue weighted by molar-refractivity contribution is -0.132. The Balaban J connectivity index is 0.00000225. The van der Waals surface area contributed by atoms with Crippen molar-refractivity contribution in [2.75, 3.05) is 52.4 Å². The molecule has 1 unspecified atom stereocenters. The molecule has 0 radical (unpaired) electrons. The molecule has 0 spiro atoms. The van der Waals surface area contributed by atoms with Crippen molar-refractivity contribution in [2.45, 2.75) is 19.4 Å². The van der Waals surface area contributed by atoms with Crippen molar-refractivity contribution in [1.29, 1.82) is 0 Å². The Morgan fingerprint density at radius 3 is 2.68 bits per heavy atom. The fourth-order valence-corrected chi connectivity index (χ4v) is 3.50. The predicted octanol–water partition coefficient (Wildman–Crippen LogP) is 1.77. The number of nitrogens with zero attached hydrogens (tertiary/aromatic N) is 2. The van der Waals surface area contributed by atoms with Crippen molar-refractivity contribution < 1.29 is 9.53 Å². The van der Waals surface area contributed by atoms with Gasteiger partial charge in [-0.1, -0.05) is 30.3 Å². The zero-order valence-electron chi connectivity index (χ0n) is 14.9. The van der Waals surface area contributed by atoms with Crippen molar-refractivity contribution in [1.82, 2.24) is 15.1 Å². The maximum absolute atomic E-state index is 12.2. The van der Waals surface area contributed by atoms with Crippen molar-refractivity contribution in [3.8, 4) is 0 Å². The zero-order valence-corrected chi connectivity index (χ0v) is 15.7. The highest BCUT2D eigenvalue weighted by Crippen LogP contribution is 2.17. The molecular formula is C19H30ClN3O2. The molecule has 1 amide bonds. The van der Waals surface area contributed by atoms with E-state index in [1.807, 2.05) is 23.1 Å². The SMILES string of the molecule is Cl.O=C(CCN1CCC(COCc2ccccc2)C1)N1CCNCC1. The number of halogens is 1. The highest BCUT2D eigenvalue weighted by atomic mass is 35.5. The molecule has 2 aliphatic heterocycles. The van der Waals surface area contributed by atoms with Gasteiger partial charge in [-0.15, -0.1) is 12.4 Å². The molecule has 1 aromatic rings. The second-order valence-corrected chi connectivity index (χ2v) is 6.84. The van der Waals surface area contributed by atoms with E-state index < -0.39 is 0 Å². The van der Waals surface area contributed by atoms with E-state index in [4.69, 9.17) is 4.74 Å². The van der Waals surface area contributed by atoms with Gasteiger partial charge in [-0.3, -0.25) is 4.79 Å². The first-order valence-electron chi connectivity index (χ1n) is 9.14. The average molecular weight is 368 g/mol. The van der Waals surface area contributed by atoms with Crippen LogP contribution >= 0.6 is 12.4 Å². The van der Waals surface area contributed by atoms with Crippen molar-refractivity contribution in [2.24, 2.45) is 5.92 Å². The highest BCUT2D eigenvalue weighted by molar-refractivity contribution is 5.85. The maximum Gasteiger partial charge on any atom is 0.223 e. The van der Waals surface area contributed by atoms with E-state index in [1.165, 1.54) is 12.0 Å². The van der Waals surface area contributed by atoms with E-state index in [1.54, 1.807) is 0 Å². The Morgan fingerprint density at radius 2 is 1.92 bits per heavy atom. The Kier molecular flexibility index (Phi) is 8.68. The first kappa shape index (κ1) is 20.2. The van der Waals surface area contributed by atoms with Gasteiger partial charge in [0, 0.05) is 45.7 Å². The van der Waals surface area contributed by atoms with Gasteiger partial charge in [-0.2, -0.15) is 0 Å². The number of carbonyl (C=O) groups is 1. The summed E-state index contributed by atoms with van der Waals surface area (Å²) in [6.07, 6.45) is 1.83. The fraction of sp³-hybridized carbons (Fsp3) is 0.632. The largest absolute Gasteiger partial charge is 0.376 e. The van der Waals surface area contributed by atoms with Gasteiger partial charge in [0.05, 0.1) is 13.2 Å². The fourth-order valence-electron chi connectivity index (χ4n) is 3.50. The maximum atomic E-state index is 12.2. The molecule has 1 N–H and O–H groups in total. The minimum Gasteiger partial charge on any atom is -0.376 e. The van der Waals surface area contributed by atoms with E-state index in [2.05, 4.69) is 22.3 Å². The number of hydrogen-bond donors (Lipinski definition) is 1. The summed E-state index contributed by atoms with van der Waals surface area (Å²) in [5.74, 6) is 0.906. The smallest absolute Gasteiger partial charge is 0.223 e. The standard InChI is InChI=1S/C19H29N3O2.ClH/c23-19(22-12-8-20-9-13-22)7-11-21-10-6-18(14-21)16-24-15-17-4-2-1-3-5-17;/h1-5,18,20H,6-16H2;1H. The molecule has 1 aromatic carbocycles. The Bertz CT molecular complexity index is 509. The van der Waals surface area contributed by atoms with Crippen LogP contribution in [-0.2, 0) is 16.1 Å². The Morgan fingerprint density at radius 1 is 1.16 bits per heavy atom. The second-order valence-electron chi connectivity index (χ2n) is 6.84. The number of nitrogens with one attached hydrogen (secondary N) is 1. The number of likely N-dealkylation sites (tertiary alicyclic amines) is 1. The molecule has 2 fully saturated rings. The molecule has 0 bridgehead atoms. The number of rotatable bonds is 7. The van der Waals surface area contributed by atoms with Gasteiger partial charge >= 0.3 is 0 Å². The average Bonchev–Trinajstić information content (AvgIpc) is 3.09. The van der Waals surface area contributed by atoms with E-state index >= 15 is 0 Å². The molecule has 2 saturated heterocycles. The quantitative estimate of drug-likeness (QED) is 0.797. The van der Waals surface area contributed by atoms with Crippen molar-refractivity contribution in [3.05, 3.63) is 35.9 Å². The normalized spacial score (nSPS) is 21.1. The summed E-state index contributed by atoms with van der Waals surface area (Å²) in [6, 6.07) is 10.3. The molecule has 2 aliphatic rings. The number of benzene rings is 1. The molecule has 6 heteroatoms. The summed E-state index contributed by atoms with van der Waals surface area (Å²) in [5.41, 5.74) is 1.23. The minimum atomic E-state index is 0. The predicted molar refractivity (Wildman–Crippen MR) is 102 cm³/mol. The van der Waals surface area contributed by atoms with Gasteiger partial charge in [-0.05, 0) is 24.4 Å². The molecule has 3 rings (SSSR count). The lowest BCUT2D eigenvalue weighted by Gasteiger charge is -2.28. The summed E-state index contributed by atoms with van der Waals surface area (Å²) < 4.78 is 5.86. The van der Waals surface area contributed by atoms with Crippen LogP contribution in [0.4, 0.5) is 0 Å². The summed E-state index contributed by atoms with van der Waals surface area (Å²) in [6.45, 7) is 8.11. The van der Waals surface area contributed by atoms with Gasteiger partial charge in [0.2, 0.25) is 5.91 Å². The Hall–Kier alpha value is -1.14. The molecular weight excluding hydrogens is 338 g/mol. The van der Waals surface area contributed by atoms with E-state index in [0.29, 0.717) is 24.9 Å². The van der Waals surface area contributed by atoms with Gasteiger partial charge in [-0.25, -0.2) is 0 Å². The first-order chi connectivity index (χ1) is 11.8. The van der Waals surface area contributed by atoms with Crippen LogP contribution in [0.5, 0.6) is 0 Å². The van der Waals surface area contributed by atoms with Crippen LogP contribution in [0.3, 0.4) is 0 Å². The Labute approximate surface area is 157 Å². The summed E-state index contributed by atoms with van der Waals surface area (Å²) >= 11 is 0. The molecule has 2 heterocycles. The van der Waals surface area contributed by atoms with Gasteiger partial charge in [0.15, 0.2) is 0 Å². The van der Waals surface area contributed by atoms with Crippen LogP contribution in [0.15, 0.2) is 30.3 Å². The van der Waals surface area contributed by atoms with Crippen LogP contribution in [0.2, 0.25) is 0 Å². The van der Waals surface area contributed by atoms with Crippen LogP contribution in [0.25, 0.3) is 0 Å². The van der Waals surface area contributed by atoms with E-state index in [9.17, 15) is 4.79 Å². The van der Waals surface area contributed by atoms with Gasteiger partial charge < -0.3 is 19.9 Å². The van der Waals surface area contributed by atoms with Crippen molar-refractivity contribution >= 4 is 18.3 Å². The molecule has 0 aromatic heterocycles. The molecule has 0 saturated carbocycles. The third-order valence-corrected chi connectivity index (χ3v) is 4.95. The van der Waals surface area contributed by atoms with Crippen molar-refractivity contribution in [3.63, 3.8) is 0 Å². The molecule has 5 nitrogen and oxygen atoms in total. The summed E-state index contributed by atoms with van der Waals surface area (Å²) in [5, 5.41) is 3.29. The first-order valence-corrected chi connectivity index (χ1v) is 9.14. The lowest BCUT2D eigenvalue weighted by Crippen LogP contribution is -2.47. The van der Waals surface area contributed by atoms with Crippen LogP contribution in [0, 0.1) is 5.92 Å². The molecule has 1 atom stereocenters. The van der Waals surface area contributed by atoms with E-state index in [-0.39, 0.29) is 12.4 Å². The number of piperazine rings is 1. The number of amides is 1. The van der Waals surface area contributed by atoms with Crippen LogP contribution in [0.1, 0.15) is 18.4 Å². The zero-order chi connectivity index (χ0) is 16.6. The van der Waals surface area contributed by atoms with E-state index in [0.717, 1.165) is 52.4 Å². The second kappa shape index (κ2) is 10.8. The third-order valence-electron chi connectivity index (χ3n) is 4.95. The third kappa shape index (κ3) is 6.59. The lowest BCUT2D eigenvalue weighted by atomic mass is 10.1. The van der Waals surface area contributed by atoms with Gasteiger partial charge in [0.1, 0.15) is 0 Å². The monoisotopic (exact) mass is 367 g/mol. The topological polar surface area (TPSA) is 44.8 Å². The highest BCUT2D eigenvalue weighted by Gasteiger charge is 2.24. The number of carbonyl (C=O) groups excluding carboxylic acids is 1. The van der Waals surface area contributed by atoms with Crippen LogP contribution in [-0.4, -0.2) is 68.1 Å².